The van der Waals surface area contributed by atoms with Crippen LogP contribution in [0.2, 0.25) is 0 Å². The highest BCUT2D eigenvalue weighted by Crippen LogP contribution is 2.17. The number of hydrogen-bond donors (Lipinski definition) is 2. The molecular formula is C13H16BrFN2O. The van der Waals surface area contributed by atoms with Crippen molar-refractivity contribution < 1.29 is 9.18 Å². The van der Waals surface area contributed by atoms with Crippen molar-refractivity contribution in [3.8, 4) is 0 Å². The summed E-state index contributed by atoms with van der Waals surface area (Å²) in [6.45, 7) is 1.71. The van der Waals surface area contributed by atoms with E-state index in [1.807, 2.05) is 0 Å². The van der Waals surface area contributed by atoms with E-state index in [4.69, 9.17) is 0 Å². The van der Waals surface area contributed by atoms with Crippen molar-refractivity contribution in [2.75, 3.05) is 13.1 Å². The van der Waals surface area contributed by atoms with Gasteiger partial charge in [0.15, 0.2) is 0 Å². The Hall–Kier alpha value is -0.940. The number of hydrogen-bond acceptors (Lipinski definition) is 2. The molecule has 5 heteroatoms. The average molecular weight is 315 g/mol. The van der Waals surface area contributed by atoms with Gasteiger partial charge < -0.3 is 10.6 Å². The van der Waals surface area contributed by atoms with Crippen molar-refractivity contribution in [3.63, 3.8) is 0 Å². The van der Waals surface area contributed by atoms with Crippen LogP contribution < -0.4 is 10.6 Å². The van der Waals surface area contributed by atoms with Crippen LogP contribution in [-0.4, -0.2) is 25.0 Å². The Balaban J connectivity index is 1.83. The molecule has 0 bridgehead atoms. The first-order valence-corrected chi connectivity index (χ1v) is 6.93. The van der Waals surface area contributed by atoms with Gasteiger partial charge in [-0.1, -0.05) is 0 Å². The van der Waals surface area contributed by atoms with Crippen molar-refractivity contribution in [3.05, 3.63) is 34.1 Å². The van der Waals surface area contributed by atoms with Gasteiger partial charge in [0, 0.05) is 17.1 Å². The SMILES string of the molecule is O=C(NCCC1CCCN1)c1ccc(F)cc1Br. The summed E-state index contributed by atoms with van der Waals surface area (Å²) < 4.78 is 13.4. The fourth-order valence-electron chi connectivity index (χ4n) is 2.13. The van der Waals surface area contributed by atoms with Crippen LogP contribution in [0.15, 0.2) is 22.7 Å². The monoisotopic (exact) mass is 314 g/mol. The van der Waals surface area contributed by atoms with Crippen LogP contribution in [0, 0.1) is 5.82 Å². The van der Waals surface area contributed by atoms with Gasteiger partial charge in [-0.05, 0) is 59.9 Å². The van der Waals surface area contributed by atoms with E-state index < -0.39 is 0 Å². The summed E-state index contributed by atoms with van der Waals surface area (Å²) in [5.74, 6) is -0.520. The summed E-state index contributed by atoms with van der Waals surface area (Å²) in [6.07, 6.45) is 3.32. The van der Waals surface area contributed by atoms with Crippen LogP contribution >= 0.6 is 15.9 Å². The topological polar surface area (TPSA) is 41.1 Å². The maximum Gasteiger partial charge on any atom is 0.252 e. The molecule has 0 saturated carbocycles. The van der Waals surface area contributed by atoms with Crippen LogP contribution in [0.25, 0.3) is 0 Å². The summed E-state index contributed by atoms with van der Waals surface area (Å²) in [7, 11) is 0. The van der Waals surface area contributed by atoms with Gasteiger partial charge in [0.25, 0.3) is 5.91 Å². The normalized spacial score (nSPS) is 18.9. The lowest BCUT2D eigenvalue weighted by Gasteiger charge is -2.11. The second-order valence-electron chi connectivity index (χ2n) is 4.46. The van der Waals surface area contributed by atoms with Gasteiger partial charge in [-0.2, -0.15) is 0 Å². The third-order valence-electron chi connectivity index (χ3n) is 3.12. The quantitative estimate of drug-likeness (QED) is 0.896. The lowest BCUT2D eigenvalue weighted by atomic mass is 10.1. The molecule has 1 aliphatic heterocycles. The molecule has 1 aromatic rings. The number of rotatable bonds is 4. The number of carbonyl (C=O) groups excluding carboxylic acids is 1. The van der Waals surface area contributed by atoms with Crippen LogP contribution in [0.1, 0.15) is 29.6 Å². The van der Waals surface area contributed by atoms with Crippen molar-refractivity contribution in [2.45, 2.75) is 25.3 Å². The summed E-state index contributed by atoms with van der Waals surface area (Å²) >= 11 is 3.19. The van der Waals surface area contributed by atoms with E-state index in [0.717, 1.165) is 13.0 Å². The fraction of sp³-hybridized carbons (Fsp3) is 0.462. The maximum absolute atomic E-state index is 12.9. The lowest BCUT2D eigenvalue weighted by molar-refractivity contribution is 0.0951. The highest BCUT2D eigenvalue weighted by Gasteiger charge is 2.15. The van der Waals surface area contributed by atoms with Gasteiger partial charge in [0.1, 0.15) is 5.82 Å². The van der Waals surface area contributed by atoms with E-state index in [1.54, 1.807) is 0 Å². The van der Waals surface area contributed by atoms with Crippen LogP contribution in [0.4, 0.5) is 4.39 Å². The first-order valence-electron chi connectivity index (χ1n) is 6.13. The minimum Gasteiger partial charge on any atom is -0.352 e. The van der Waals surface area contributed by atoms with Crippen molar-refractivity contribution in [2.24, 2.45) is 0 Å². The molecule has 2 N–H and O–H groups in total. The summed E-state index contributed by atoms with van der Waals surface area (Å²) in [4.78, 5) is 11.9. The molecule has 1 aromatic carbocycles. The molecule has 18 heavy (non-hydrogen) atoms. The maximum atomic E-state index is 12.9. The molecule has 1 atom stereocenters. The molecule has 1 amide bonds. The molecule has 98 valence electrons. The molecule has 0 aromatic heterocycles. The Kier molecular flexibility index (Phi) is 4.72. The summed E-state index contributed by atoms with van der Waals surface area (Å²) in [6, 6.07) is 4.59. The van der Waals surface area contributed by atoms with Crippen LogP contribution in [0.5, 0.6) is 0 Å². The lowest BCUT2D eigenvalue weighted by Crippen LogP contribution is -2.30. The predicted octanol–water partition coefficient (Wildman–Crippen LogP) is 2.46. The molecule has 1 heterocycles. The first kappa shape index (κ1) is 13.5. The Labute approximate surface area is 114 Å². The van der Waals surface area contributed by atoms with Gasteiger partial charge in [0.2, 0.25) is 0 Å². The largest absolute Gasteiger partial charge is 0.352 e. The highest BCUT2D eigenvalue weighted by atomic mass is 79.9. The molecule has 0 spiro atoms. The number of amides is 1. The Morgan fingerprint density at radius 2 is 2.39 bits per heavy atom. The smallest absolute Gasteiger partial charge is 0.252 e. The fourth-order valence-corrected chi connectivity index (χ4v) is 2.66. The van der Waals surface area contributed by atoms with E-state index in [1.165, 1.54) is 31.0 Å². The zero-order valence-corrected chi connectivity index (χ0v) is 11.6. The summed E-state index contributed by atoms with van der Waals surface area (Å²) in [5, 5.41) is 6.23. The van der Waals surface area contributed by atoms with Crippen molar-refractivity contribution in [1.82, 2.24) is 10.6 Å². The number of benzene rings is 1. The first-order chi connectivity index (χ1) is 8.66. The number of nitrogens with one attached hydrogen (secondary N) is 2. The van der Waals surface area contributed by atoms with Gasteiger partial charge >= 0.3 is 0 Å². The van der Waals surface area contributed by atoms with Crippen LogP contribution in [-0.2, 0) is 0 Å². The van der Waals surface area contributed by atoms with Crippen LogP contribution in [0.3, 0.4) is 0 Å². The molecule has 3 nitrogen and oxygen atoms in total. The second kappa shape index (κ2) is 6.29. The molecule has 1 fully saturated rings. The minimum absolute atomic E-state index is 0.167. The van der Waals surface area contributed by atoms with E-state index in [-0.39, 0.29) is 11.7 Å². The van der Waals surface area contributed by atoms with E-state index >= 15 is 0 Å². The van der Waals surface area contributed by atoms with Gasteiger partial charge in [-0.3, -0.25) is 4.79 Å². The Morgan fingerprint density at radius 3 is 3.06 bits per heavy atom. The average Bonchev–Trinajstić information content (AvgIpc) is 2.81. The minimum atomic E-state index is -0.353. The molecule has 1 aliphatic rings. The zero-order valence-electron chi connectivity index (χ0n) is 10.0. The highest BCUT2D eigenvalue weighted by molar-refractivity contribution is 9.10. The predicted molar refractivity (Wildman–Crippen MR) is 72.1 cm³/mol. The van der Waals surface area contributed by atoms with Crippen molar-refractivity contribution >= 4 is 21.8 Å². The summed E-state index contributed by atoms with van der Waals surface area (Å²) in [5.41, 5.74) is 0.468. The van der Waals surface area contributed by atoms with Gasteiger partial charge in [-0.25, -0.2) is 4.39 Å². The molecule has 1 saturated heterocycles. The molecular weight excluding hydrogens is 299 g/mol. The molecule has 0 radical (unpaired) electrons. The Bertz CT molecular complexity index is 433. The zero-order chi connectivity index (χ0) is 13.0. The standard InChI is InChI=1S/C13H16BrFN2O/c14-12-8-9(15)3-4-11(12)13(18)17-7-5-10-2-1-6-16-10/h3-4,8,10,16H,1-2,5-7H2,(H,17,18). The van der Waals surface area contributed by atoms with Crippen molar-refractivity contribution in [1.29, 1.82) is 0 Å². The molecule has 1 unspecified atom stereocenters. The van der Waals surface area contributed by atoms with E-state index in [0.29, 0.717) is 22.6 Å². The van der Waals surface area contributed by atoms with Gasteiger partial charge in [-0.15, -0.1) is 0 Å². The van der Waals surface area contributed by atoms with E-state index in [2.05, 4.69) is 26.6 Å². The third-order valence-corrected chi connectivity index (χ3v) is 3.77. The van der Waals surface area contributed by atoms with Gasteiger partial charge in [0.05, 0.1) is 5.56 Å². The third kappa shape index (κ3) is 3.53. The Morgan fingerprint density at radius 1 is 1.56 bits per heavy atom. The van der Waals surface area contributed by atoms with E-state index in [9.17, 15) is 9.18 Å². The molecule has 0 aliphatic carbocycles. The second-order valence-corrected chi connectivity index (χ2v) is 5.32. The molecule has 2 rings (SSSR count). The number of carbonyl (C=O) groups is 1. The number of halogens is 2.